The van der Waals surface area contributed by atoms with Gasteiger partial charge in [-0.3, -0.25) is 0 Å². The van der Waals surface area contributed by atoms with Crippen molar-refractivity contribution in [3.63, 3.8) is 0 Å². The zero-order valence-corrected chi connectivity index (χ0v) is 15.9. The third-order valence-corrected chi connectivity index (χ3v) is 4.55. The van der Waals surface area contributed by atoms with Crippen LogP contribution in [0.2, 0.25) is 0 Å². The average molecular weight is 355 g/mol. The van der Waals surface area contributed by atoms with Crippen molar-refractivity contribution in [1.82, 2.24) is 34.9 Å². The first-order chi connectivity index (χ1) is 12.4. The van der Waals surface area contributed by atoms with E-state index in [4.69, 9.17) is 0 Å². The van der Waals surface area contributed by atoms with Gasteiger partial charge in [0, 0.05) is 13.6 Å². The average Bonchev–Trinajstić information content (AvgIpc) is 3.21. The second kappa shape index (κ2) is 7.15. The van der Waals surface area contributed by atoms with Crippen LogP contribution in [0, 0.1) is 13.8 Å². The number of hydrogen-bond acceptors (Lipinski definition) is 4. The quantitative estimate of drug-likeness (QED) is 0.736. The molecule has 2 amide bonds. The third kappa shape index (κ3) is 3.54. The smallest absolute Gasteiger partial charge is 0.318 e. The van der Waals surface area contributed by atoms with Crippen molar-refractivity contribution in [2.75, 3.05) is 7.05 Å². The highest BCUT2D eigenvalue weighted by atomic mass is 16.2. The number of aryl methyl sites for hydroxylation is 3. The summed E-state index contributed by atoms with van der Waals surface area (Å²) in [4.78, 5) is 26.2. The summed E-state index contributed by atoms with van der Waals surface area (Å²) in [7, 11) is 1.75. The van der Waals surface area contributed by atoms with E-state index in [9.17, 15) is 4.79 Å². The predicted octanol–water partition coefficient (Wildman–Crippen LogP) is 2.69. The first-order valence-electron chi connectivity index (χ1n) is 8.74. The van der Waals surface area contributed by atoms with Crippen LogP contribution in [-0.2, 0) is 13.1 Å². The highest BCUT2D eigenvalue weighted by Crippen LogP contribution is 2.18. The van der Waals surface area contributed by atoms with Gasteiger partial charge in [-0.15, -0.1) is 0 Å². The Morgan fingerprint density at radius 2 is 2.08 bits per heavy atom. The van der Waals surface area contributed by atoms with Crippen molar-refractivity contribution >= 4 is 17.1 Å². The first-order valence-corrected chi connectivity index (χ1v) is 8.74. The van der Waals surface area contributed by atoms with Crippen LogP contribution in [0.15, 0.2) is 18.5 Å². The number of carbonyl (C=O) groups excluding carboxylic acids is 1. The van der Waals surface area contributed by atoms with E-state index in [0.29, 0.717) is 13.1 Å². The predicted molar refractivity (Wildman–Crippen MR) is 99.7 cm³/mol. The third-order valence-electron chi connectivity index (χ3n) is 4.55. The Hall–Kier alpha value is -2.90. The molecule has 0 aliphatic carbocycles. The molecule has 8 heteroatoms. The van der Waals surface area contributed by atoms with E-state index in [0.717, 1.165) is 22.7 Å². The maximum Gasteiger partial charge on any atom is 0.318 e. The fourth-order valence-electron chi connectivity index (χ4n) is 2.91. The molecule has 2 N–H and O–H groups in total. The number of carbonyl (C=O) groups is 1. The minimum absolute atomic E-state index is 0.184. The van der Waals surface area contributed by atoms with Crippen LogP contribution >= 0.6 is 0 Å². The van der Waals surface area contributed by atoms with Gasteiger partial charge in [-0.1, -0.05) is 0 Å². The van der Waals surface area contributed by atoms with Gasteiger partial charge in [0.05, 0.1) is 23.6 Å². The highest BCUT2D eigenvalue weighted by Gasteiger charge is 2.18. The van der Waals surface area contributed by atoms with Crippen molar-refractivity contribution in [2.24, 2.45) is 0 Å². The summed E-state index contributed by atoms with van der Waals surface area (Å²) in [5, 5.41) is 7.09. The molecule has 0 radical (unpaired) electrons. The highest BCUT2D eigenvalue weighted by molar-refractivity contribution is 5.77. The molecule has 0 saturated heterocycles. The zero-order chi connectivity index (χ0) is 18.8. The molecule has 0 bridgehead atoms. The molecule has 0 saturated carbocycles. The molecule has 1 aromatic carbocycles. The van der Waals surface area contributed by atoms with Crippen molar-refractivity contribution < 1.29 is 4.79 Å². The molecular weight excluding hydrogens is 330 g/mol. The number of imidazole rings is 1. The van der Waals surface area contributed by atoms with Gasteiger partial charge in [-0.25, -0.2) is 19.4 Å². The Kier molecular flexibility index (Phi) is 4.92. The van der Waals surface area contributed by atoms with Crippen molar-refractivity contribution in [3.8, 4) is 0 Å². The number of nitrogens with zero attached hydrogens (tertiary/aromatic N) is 5. The summed E-state index contributed by atoms with van der Waals surface area (Å²) in [6.45, 7) is 9.14. The van der Waals surface area contributed by atoms with Crippen molar-refractivity contribution in [2.45, 2.75) is 46.8 Å². The standard InChI is InChI=1S/C18H25N7O/c1-6-25-17(19-10-20-25)13(4)21-18(26)24(5)9-16-22-14-7-11(2)12(3)8-15(14)23-16/h7-8,10,13H,6,9H2,1-5H3,(H,21,26)(H,22,23)/t13-/m1/s1. The molecule has 8 nitrogen and oxygen atoms in total. The number of rotatable bonds is 5. The SMILES string of the molecule is CCn1ncnc1[C@@H](C)NC(=O)N(C)Cc1nc2cc(C)c(C)cc2[nH]1. The summed E-state index contributed by atoms with van der Waals surface area (Å²) in [6, 6.07) is 3.73. The first kappa shape index (κ1) is 17.9. The fourth-order valence-corrected chi connectivity index (χ4v) is 2.91. The van der Waals surface area contributed by atoms with Gasteiger partial charge in [0.1, 0.15) is 18.0 Å². The summed E-state index contributed by atoms with van der Waals surface area (Å²) < 4.78 is 1.77. The molecular formula is C18H25N7O. The van der Waals surface area contributed by atoms with Crippen LogP contribution < -0.4 is 5.32 Å². The van der Waals surface area contributed by atoms with Gasteiger partial charge in [0.15, 0.2) is 0 Å². The molecule has 1 atom stereocenters. The van der Waals surface area contributed by atoms with E-state index in [1.165, 1.54) is 17.5 Å². The molecule has 0 aliphatic rings. The minimum atomic E-state index is -0.228. The number of urea groups is 1. The van der Waals surface area contributed by atoms with Crippen LogP contribution in [-0.4, -0.2) is 42.7 Å². The molecule has 0 spiro atoms. The zero-order valence-electron chi connectivity index (χ0n) is 15.9. The minimum Gasteiger partial charge on any atom is -0.340 e. The monoisotopic (exact) mass is 355 g/mol. The van der Waals surface area contributed by atoms with E-state index in [1.54, 1.807) is 16.6 Å². The summed E-state index contributed by atoms with van der Waals surface area (Å²) in [5.41, 5.74) is 4.32. The van der Waals surface area contributed by atoms with Crippen LogP contribution in [0.1, 0.15) is 42.7 Å². The summed E-state index contributed by atoms with van der Waals surface area (Å²) >= 11 is 0. The van der Waals surface area contributed by atoms with Crippen LogP contribution in [0.3, 0.4) is 0 Å². The number of hydrogen-bond donors (Lipinski definition) is 2. The van der Waals surface area contributed by atoms with Gasteiger partial charge in [-0.05, 0) is 51.0 Å². The largest absolute Gasteiger partial charge is 0.340 e. The molecule has 0 fully saturated rings. The molecule has 0 aliphatic heterocycles. The Morgan fingerprint density at radius 3 is 2.81 bits per heavy atom. The normalized spacial score (nSPS) is 12.3. The lowest BCUT2D eigenvalue weighted by molar-refractivity contribution is 0.201. The van der Waals surface area contributed by atoms with Crippen molar-refractivity contribution in [3.05, 3.63) is 41.2 Å². The molecule has 26 heavy (non-hydrogen) atoms. The number of fused-ring (bicyclic) bond motifs is 1. The molecule has 3 aromatic rings. The number of benzene rings is 1. The molecule has 0 unspecified atom stereocenters. The number of H-pyrrole nitrogens is 1. The Bertz CT molecular complexity index is 888. The van der Waals surface area contributed by atoms with E-state index in [1.807, 2.05) is 13.8 Å². The van der Waals surface area contributed by atoms with Gasteiger partial charge in [-0.2, -0.15) is 5.10 Å². The molecule has 2 aromatic heterocycles. The lowest BCUT2D eigenvalue weighted by Gasteiger charge is -2.20. The van der Waals surface area contributed by atoms with E-state index >= 15 is 0 Å². The molecule has 2 heterocycles. The van der Waals surface area contributed by atoms with Gasteiger partial charge in [0.2, 0.25) is 0 Å². The lowest BCUT2D eigenvalue weighted by Crippen LogP contribution is -2.39. The Labute approximate surface area is 152 Å². The molecule has 3 rings (SSSR count). The van der Waals surface area contributed by atoms with Crippen LogP contribution in [0.5, 0.6) is 0 Å². The van der Waals surface area contributed by atoms with Crippen LogP contribution in [0.4, 0.5) is 4.79 Å². The Balaban J connectivity index is 1.67. The van der Waals surface area contributed by atoms with E-state index in [2.05, 4.69) is 51.3 Å². The summed E-state index contributed by atoms with van der Waals surface area (Å²) in [6.07, 6.45) is 1.50. The Morgan fingerprint density at radius 1 is 1.35 bits per heavy atom. The number of aromatic nitrogens is 5. The number of nitrogens with one attached hydrogen (secondary N) is 2. The second-order valence-corrected chi connectivity index (χ2v) is 6.60. The van der Waals surface area contributed by atoms with E-state index in [-0.39, 0.29) is 12.1 Å². The fraction of sp³-hybridized carbons (Fsp3) is 0.444. The van der Waals surface area contributed by atoms with E-state index < -0.39 is 0 Å². The van der Waals surface area contributed by atoms with Gasteiger partial charge < -0.3 is 15.2 Å². The maximum absolute atomic E-state index is 12.5. The van der Waals surface area contributed by atoms with Gasteiger partial charge >= 0.3 is 6.03 Å². The topological polar surface area (TPSA) is 91.7 Å². The maximum atomic E-state index is 12.5. The summed E-state index contributed by atoms with van der Waals surface area (Å²) in [5.74, 6) is 1.50. The second-order valence-electron chi connectivity index (χ2n) is 6.60. The van der Waals surface area contributed by atoms with Gasteiger partial charge in [0.25, 0.3) is 0 Å². The van der Waals surface area contributed by atoms with Crippen LogP contribution in [0.25, 0.3) is 11.0 Å². The molecule has 138 valence electrons. The number of amides is 2. The van der Waals surface area contributed by atoms with Crippen molar-refractivity contribution in [1.29, 1.82) is 0 Å². The lowest BCUT2D eigenvalue weighted by atomic mass is 10.1. The number of aromatic amines is 1.